The lowest BCUT2D eigenvalue weighted by Crippen LogP contribution is -2.52. The number of urea groups is 1. The number of carbonyl (C=O) groups excluding carboxylic acids is 1. The van der Waals surface area contributed by atoms with E-state index in [2.05, 4.69) is 10.6 Å². The summed E-state index contributed by atoms with van der Waals surface area (Å²) in [6, 6.07) is 3.49. The zero-order chi connectivity index (χ0) is 15.5. The molecule has 0 spiro atoms. The third-order valence-electron chi connectivity index (χ3n) is 3.70. The van der Waals surface area contributed by atoms with Gasteiger partial charge in [0.2, 0.25) is 0 Å². The van der Waals surface area contributed by atoms with Crippen LogP contribution in [-0.4, -0.2) is 29.9 Å². The van der Waals surface area contributed by atoms with Gasteiger partial charge in [-0.15, -0.1) is 0 Å². The quantitative estimate of drug-likeness (QED) is 0.755. The second-order valence-corrected chi connectivity index (χ2v) is 5.50. The zero-order valence-electron chi connectivity index (χ0n) is 12.3. The number of hydrogen-bond acceptors (Lipinski definition) is 3. The van der Waals surface area contributed by atoms with Crippen LogP contribution in [0.1, 0.15) is 26.7 Å². The molecule has 1 fully saturated rings. The summed E-state index contributed by atoms with van der Waals surface area (Å²) in [6.07, 6.45) is 2.00. The van der Waals surface area contributed by atoms with E-state index >= 15 is 0 Å². The number of rotatable bonds is 6. The Morgan fingerprint density at radius 2 is 2.24 bits per heavy atom. The lowest BCUT2D eigenvalue weighted by Gasteiger charge is -2.28. The van der Waals surface area contributed by atoms with Gasteiger partial charge in [0.25, 0.3) is 0 Å². The van der Waals surface area contributed by atoms with Crippen LogP contribution in [-0.2, 0) is 0 Å². The van der Waals surface area contributed by atoms with Gasteiger partial charge in [-0.25, -0.2) is 9.18 Å². The highest BCUT2D eigenvalue weighted by atomic mass is 19.1. The van der Waals surface area contributed by atoms with Crippen LogP contribution in [0.5, 0.6) is 5.75 Å². The molecule has 0 heterocycles. The summed E-state index contributed by atoms with van der Waals surface area (Å²) in [4.78, 5) is 12.1. The average Bonchev–Trinajstić information content (AvgIpc) is 3.27. The Morgan fingerprint density at radius 3 is 2.81 bits per heavy atom. The standard InChI is InChI=1S/C15H21FN2O3/c1-3-21-13-8-11(16)6-7-12(13)17-14(20)18-15(2,9-19)10-4-5-10/h6-8,10,19H,3-5,9H2,1-2H3,(H2,17,18,20). The van der Waals surface area contributed by atoms with Crippen LogP contribution in [0.4, 0.5) is 14.9 Å². The van der Waals surface area contributed by atoms with Crippen molar-refractivity contribution >= 4 is 11.7 Å². The van der Waals surface area contributed by atoms with Crippen LogP contribution in [0.2, 0.25) is 0 Å². The SMILES string of the molecule is CCOc1cc(F)ccc1NC(=O)NC(C)(CO)C1CC1. The third kappa shape index (κ3) is 3.85. The first-order valence-corrected chi connectivity index (χ1v) is 7.11. The highest BCUT2D eigenvalue weighted by molar-refractivity contribution is 5.91. The van der Waals surface area contributed by atoms with Gasteiger partial charge in [0, 0.05) is 6.07 Å². The van der Waals surface area contributed by atoms with Crippen molar-refractivity contribution in [1.82, 2.24) is 5.32 Å². The molecule has 0 radical (unpaired) electrons. The highest BCUT2D eigenvalue weighted by Gasteiger charge is 2.42. The molecule has 2 amide bonds. The number of benzene rings is 1. The number of amides is 2. The van der Waals surface area contributed by atoms with Crippen molar-refractivity contribution in [3.63, 3.8) is 0 Å². The highest BCUT2D eigenvalue weighted by Crippen LogP contribution is 2.39. The van der Waals surface area contributed by atoms with Crippen LogP contribution in [0, 0.1) is 11.7 Å². The van der Waals surface area contributed by atoms with Gasteiger partial charge in [-0.3, -0.25) is 0 Å². The Hall–Kier alpha value is -1.82. The maximum absolute atomic E-state index is 13.2. The number of ether oxygens (including phenoxy) is 1. The van der Waals surface area contributed by atoms with Crippen molar-refractivity contribution < 1.29 is 19.0 Å². The van der Waals surface area contributed by atoms with Crippen molar-refractivity contribution in [3.05, 3.63) is 24.0 Å². The molecule has 1 saturated carbocycles. The van der Waals surface area contributed by atoms with E-state index in [0.717, 1.165) is 12.8 Å². The smallest absolute Gasteiger partial charge is 0.319 e. The summed E-state index contributed by atoms with van der Waals surface area (Å²) in [6.45, 7) is 3.85. The van der Waals surface area contributed by atoms with Gasteiger partial charge >= 0.3 is 6.03 Å². The molecule has 1 unspecified atom stereocenters. The minimum atomic E-state index is -0.629. The molecule has 116 valence electrons. The second kappa shape index (κ2) is 6.30. The van der Waals surface area contributed by atoms with Gasteiger partial charge in [0.1, 0.15) is 11.6 Å². The average molecular weight is 296 g/mol. The van der Waals surface area contributed by atoms with Crippen molar-refractivity contribution in [2.45, 2.75) is 32.2 Å². The van der Waals surface area contributed by atoms with Crippen LogP contribution in [0.15, 0.2) is 18.2 Å². The van der Waals surface area contributed by atoms with Gasteiger partial charge in [-0.05, 0) is 44.7 Å². The van der Waals surface area contributed by atoms with Crippen molar-refractivity contribution in [1.29, 1.82) is 0 Å². The largest absolute Gasteiger partial charge is 0.492 e. The van der Waals surface area contributed by atoms with Gasteiger partial charge in [-0.1, -0.05) is 0 Å². The molecule has 0 aliphatic heterocycles. The molecule has 21 heavy (non-hydrogen) atoms. The molecule has 1 aromatic carbocycles. The van der Waals surface area contributed by atoms with E-state index in [1.54, 1.807) is 6.92 Å². The number of halogens is 1. The minimum Gasteiger partial charge on any atom is -0.492 e. The van der Waals surface area contributed by atoms with Crippen LogP contribution in [0.25, 0.3) is 0 Å². The normalized spacial score (nSPS) is 17.0. The predicted molar refractivity (Wildman–Crippen MR) is 77.9 cm³/mol. The van der Waals surface area contributed by atoms with E-state index in [4.69, 9.17) is 4.74 Å². The minimum absolute atomic E-state index is 0.118. The Kier molecular flexibility index (Phi) is 4.67. The van der Waals surface area contributed by atoms with Crippen LogP contribution < -0.4 is 15.4 Å². The Bertz CT molecular complexity index is 520. The zero-order valence-corrected chi connectivity index (χ0v) is 12.3. The topological polar surface area (TPSA) is 70.6 Å². The Balaban J connectivity index is 2.05. The Labute approximate surface area is 123 Å². The number of anilines is 1. The lowest BCUT2D eigenvalue weighted by atomic mass is 9.97. The van der Waals surface area contributed by atoms with E-state index in [-0.39, 0.29) is 12.4 Å². The van der Waals surface area contributed by atoms with Gasteiger partial charge in [-0.2, -0.15) is 0 Å². The molecule has 1 atom stereocenters. The summed E-state index contributed by atoms with van der Waals surface area (Å²) >= 11 is 0. The first-order valence-electron chi connectivity index (χ1n) is 7.11. The molecular formula is C15H21FN2O3. The van der Waals surface area contributed by atoms with Gasteiger partial charge in [0.05, 0.1) is 24.4 Å². The molecule has 6 heteroatoms. The molecule has 2 rings (SSSR count). The molecule has 1 aliphatic carbocycles. The fourth-order valence-electron chi connectivity index (χ4n) is 2.28. The van der Waals surface area contributed by atoms with E-state index < -0.39 is 17.4 Å². The molecule has 3 N–H and O–H groups in total. The molecule has 0 bridgehead atoms. The van der Waals surface area contributed by atoms with Gasteiger partial charge < -0.3 is 20.5 Å². The molecule has 1 aromatic rings. The number of nitrogens with one attached hydrogen (secondary N) is 2. The van der Waals surface area contributed by atoms with Crippen molar-refractivity contribution in [3.8, 4) is 5.75 Å². The molecule has 0 saturated heterocycles. The van der Waals surface area contributed by atoms with Crippen molar-refractivity contribution in [2.24, 2.45) is 5.92 Å². The number of carbonyl (C=O) groups is 1. The van der Waals surface area contributed by atoms with Crippen LogP contribution >= 0.6 is 0 Å². The molecule has 0 aromatic heterocycles. The third-order valence-corrected chi connectivity index (χ3v) is 3.70. The fourth-order valence-corrected chi connectivity index (χ4v) is 2.28. The fraction of sp³-hybridized carbons (Fsp3) is 0.533. The van der Waals surface area contributed by atoms with E-state index in [0.29, 0.717) is 18.2 Å². The maximum Gasteiger partial charge on any atom is 0.319 e. The van der Waals surface area contributed by atoms with Crippen LogP contribution in [0.3, 0.4) is 0 Å². The lowest BCUT2D eigenvalue weighted by molar-refractivity contribution is 0.159. The monoisotopic (exact) mass is 296 g/mol. The molecule has 5 nitrogen and oxygen atoms in total. The number of aliphatic hydroxyl groups is 1. The number of hydrogen-bond donors (Lipinski definition) is 3. The number of aliphatic hydroxyl groups excluding tert-OH is 1. The van der Waals surface area contributed by atoms with E-state index in [1.807, 2.05) is 6.92 Å². The summed E-state index contributed by atoms with van der Waals surface area (Å²) in [5, 5.41) is 14.9. The summed E-state index contributed by atoms with van der Waals surface area (Å²) in [5.41, 5.74) is -0.234. The summed E-state index contributed by atoms with van der Waals surface area (Å²) in [7, 11) is 0. The molecule has 1 aliphatic rings. The maximum atomic E-state index is 13.2. The molecular weight excluding hydrogens is 275 g/mol. The summed E-state index contributed by atoms with van der Waals surface area (Å²) in [5.74, 6) is 0.153. The van der Waals surface area contributed by atoms with E-state index in [9.17, 15) is 14.3 Å². The first kappa shape index (κ1) is 15.6. The van der Waals surface area contributed by atoms with Crippen molar-refractivity contribution in [2.75, 3.05) is 18.5 Å². The second-order valence-electron chi connectivity index (χ2n) is 5.50. The summed E-state index contributed by atoms with van der Waals surface area (Å²) < 4.78 is 18.5. The predicted octanol–water partition coefficient (Wildman–Crippen LogP) is 2.51. The Morgan fingerprint density at radius 1 is 1.52 bits per heavy atom. The van der Waals surface area contributed by atoms with E-state index in [1.165, 1.54) is 18.2 Å². The van der Waals surface area contributed by atoms with Gasteiger partial charge in [0.15, 0.2) is 0 Å². The first-order chi connectivity index (χ1) is 9.98.